The highest BCUT2D eigenvalue weighted by molar-refractivity contribution is 5.78. The number of carbonyl (C=O) groups is 1. The summed E-state index contributed by atoms with van der Waals surface area (Å²) in [6, 6.07) is 9.93. The average Bonchev–Trinajstić information content (AvgIpc) is 2.25. The highest BCUT2D eigenvalue weighted by Crippen LogP contribution is 2.19. The van der Waals surface area contributed by atoms with Gasteiger partial charge in [0.15, 0.2) is 0 Å². The highest BCUT2D eigenvalue weighted by Gasteiger charge is 2.19. The third kappa shape index (κ3) is 4.58. The molecule has 0 radical (unpaired) electrons. The van der Waals surface area contributed by atoms with E-state index in [4.69, 9.17) is 5.26 Å². The number of nitrogens with one attached hydrogen (secondary N) is 1. The van der Waals surface area contributed by atoms with Crippen LogP contribution in [0.15, 0.2) is 24.3 Å². The van der Waals surface area contributed by atoms with E-state index in [2.05, 4.69) is 11.4 Å². The second kappa shape index (κ2) is 5.68. The molecule has 1 N–H and O–H groups in total. The van der Waals surface area contributed by atoms with Gasteiger partial charge in [-0.3, -0.25) is 4.79 Å². The van der Waals surface area contributed by atoms with E-state index in [-0.39, 0.29) is 23.8 Å². The molecule has 0 aliphatic carbocycles. The van der Waals surface area contributed by atoms with Crippen LogP contribution in [-0.4, -0.2) is 11.4 Å². The number of hydrogen-bond donors (Lipinski definition) is 1. The number of aryl methyl sites for hydroxylation is 1. The first-order valence-electron chi connectivity index (χ1n) is 6.09. The van der Waals surface area contributed by atoms with E-state index >= 15 is 0 Å². The van der Waals surface area contributed by atoms with Gasteiger partial charge in [-0.05, 0) is 33.3 Å². The van der Waals surface area contributed by atoms with Crippen LogP contribution < -0.4 is 5.32 Å². The lowest BCUT2D eigenvalue weighted by Gasteiger charge is -2.21. The summed E-state index contributed by atoms with van der Waals surface area (Å²) in [4.78, 5) is 11.8. The number of amides is 1. The summed E-state index contributed by atoms with van der Waals surface area (Å²) < 4.78 is 0. The summed E-state index contributed by atoms with van der Waals surface area (Å²) in [5.41, 5.74) is 1.78. The van der Waals surface area contributed by atoms with Gasteiger partial charge in [0.05, 0.1) is 12.0 Å². The fourth-order valence-electron chi connectivity index (χ4n) is 1.69. The normalized spacial score (nSPS) is 12.6. The zero-order valence-electron chi connectivity index (χ0n) is 11.4. The van der Waals surface area contributed by atoms with Crippen molar-refractivity contribution in [2.75, 3.05) is 0 Å². The first kappa shape index (κ1) is 14.2. The number of rotatable bonds is 3. The van der Waals surface area contributed by atoms with E-state index in [1.54, 1.807) is 0 Å². The molecule has 0 bridgehead atoms. The van der Waals surface area contributed by atoms with E-state index in [1.807, 2.05) is 52.0 Å². The lowest BCUT2D eigenvalue weighted by atomic mass is 9.95. The van der Waals surface area contributed by atoms with Crippen LogP contribution in [0, 0.1) is 18.3 Å². The summed E-state index contributed by atoms with van der Waals surface area (Å²) in [6.07, 6.45) is 0.205. The van der Waals surface area contributed by atoms with Crippen molar-refractivity contribution in [3.05, 3.63) is 35.4 Å². The minimum absolute atomic E-state index is 0.0883. The molecule has 0 saturated heterocycles. The van der Waals surface area contributed by atoms with Crippen LogP contribution in [0.4, 0.5) is 0 Å². The summed E-state index contributed by atoms with van der Waals surface area (Å²) >= 11 is 0. The van der Waals surface area contributed by atoms with Crippen LogP contribution in [0.5, 0.6) is 0 Å². The maximum absolute atomic E-state index is 11.8. The van der Waals surface area contributed by atoms with Crippen molar-refractivity contribution in [2.24, 2.45) is 0 Å². The molecule has 0 saturated carbocycles. The predicted octanol–water partition coefficient (Wildman–Crippen LogP) is 2.91. The Kier molecular flexibility index (Phi) is 4.49. The zero-order valence-corrected chi connectivity index (χ0v) is 11.4. The maximum Gasteiger partial charge on any atom is 0.222 e. The zero-order chi connectivity index (χ0) is 13.8. The molecule has 0 spiro atoms. The Bertz CT molecular complexity index is 449. The van der Waals surface area contributed by atoms with E-state index in [1.165, 1.54) is 0 Å². The van der Waals surface area contributed by atoms with Crippen molar-refractivity contribution in [3.8, 4) is 6.07 Å². The van der Waals surface area contributed by atoms with Gasteiger partial charge in [-0.2, -0.15) is 5.26 Å². The van der Waals surface area contributed by atoms with E-state index in [0.29, 0.717) is 0 Å². The largest absolute Gasteiger partial charge is 0.351 e. The molecule has 3 heteroatoms. The molecule has 1 aromatic carbocycles. The molecule has 18 heavy (non-hydrogen) atoms. The van der Waals surface area contributed by atoms with Crippen LogP contribution in [0.3, 0.4) is 0 Å². The Labute approximate surface area is 109 Å². The van der Waals surface area contributed by atoms with Gasteiger partial charge in [-0.1, -0.05) is 29.8 Å². The molecular formula is C15H20N2O. The number of carbonyl (C=O) groups excluding carboxylic acids is 1. The van der Waals surface area contributed by atoms with Gasteiger partial charge in [0.25, 0.3) is 0 Å². The molecule has 3 nitrogen and oxygen atoms in total. The fraction of sp³-hybridized carbons (Fsp3) is 0.467. The Morgan fingerprint density at radius 3 is 2.33 bits per heavy atom. The average molecular weight is 244 g/mol. The van der Waals surface area contributed by atoms with Crippen LogP contribution in [-0.2, 0) is 4.79 Å². The number of nitriles is 1. The maximum atomic E-state index is 11.8. The number of hydrogen-bond acceptors (Lipinski definition) is 2. The van der Waals surface area contributed by atoms with E-state index in [9.17, 15) is 4.79 Å². The second-order valence-electron chi connectivity index (χ2n) is 5.59. The molecule has 1 rings (SSSR count). The topological polar surface area (TPSA) is 52.9 Å². The van der Waals surface area contributed by atoms with Crippen molar-refractivity contribution < 1.29 is 4.79 Å². The molecule has 1 aromatic rings. The van der Waals surface area contributed by atoms with Crippen molar-refractivity contribution in [2.45, 2.75) is 45.6 Å². The third-order valence-electron chi connectivity index (χ3n) is 2.54. The van der Waals surface area contributed by atoms with Crippen molar-refractivity contribution >= 4 is 5.91 Å². The van der Waals surface area contributed by atoms with Crippen molar-refractivity contribution in [1.29, 1.82) is 5.26 Å². The minimum Gasteiger partial charge on any atom is -0.351 e. The fourth-order valence-corrected chi connectivity index (χ4v) is 1.69. The predicted molar refractivity (Wildman–Crippen MR) is 72.0 cm³/mol. The Balaban J connectivity index is 2.72. The molecule has 0 aliphatic rings. The lowest BCUT2D eigenvalue weighted by molar-refractivity contribution is -0.122. The summed E-state index contributed by atoms with van der Waals surface area (Å²) in [5, 5.41) is 12.0. The highest BCUT2D eigenvalue weighted by atomic mass is 16.1. The van der Waals surface area contributed by atoms with Crippen LogP contribution in [0.1, 0.15) is 44.2 Å². The molecule has 0 heterocycles. The van der Waals surface area contributed by atoms with Crippen LogP contribution >= 0.6 is 0 Å². The molecule has 0 aromatic heterocycles. The minimum atomic E-state index is -0.382. The standard InChI is InChI=1S/C15H20N2O/c1-11-5-7-12(8-6-11)13(10-16)9-14(18)17-15(2,3)4/h5-8,13H,9H2,1-4H3,(H,17,18). The Morgan fingerprint density at radius 1 is 1.33 bits per heavy atom. The van der Waals surface area contributed by atoms with E-state index in [0.717, 1.165) is 11.1 Å². The molecule has 96 valence electrons. The van der Waals surface area contributed by atoms with Crippen molar-refractivity contribution in [3.63, 3.8) is 0 Å². The van der Waals surface area contributed by atoms with Crippen LogP contribution in [0.2, 0.25) is 0 Å². The van der Waals surface area contributed by atoms with E-state index < -0.39 is 0 Å². The summed E-state index contributed by atoms with van der Waals surface area (Å²) in [6.45, 7) is 7.78. The SMILES string of the molecule is Cc1ccc(C(C#N)CC(=O)NC(C)(C)C)cc1. The first-order valence-corrected chi connectivity index (χ1v) is 6.09. The molecule has 0 fully saturated rings. The quantitative estimate of drug-likeness (QED) is 0.888. The third-order valence-corrected chi connectivity index (χ3v) is 2.54. The summed E-state index contributed by atoms with van der Waals surface area (Å²) in [5.74, 6) is -0.470. The van der Waals surface area contributed by atoms with Gasteiger partial charge in [0, 0.05) is 12.0 Å². The van der Waals surface area contributed by atoms with Gasteiger partial charge >= 0.3 is 0 Å². The summed E-state index contributed by atoms with van der Waals surface area (Å²) in [7, 11) is 0. The van der Waals surface area contributed by atoms with Crippen molar-refractivity contribution in [1.82, 2.24) is 5.32 Å². The van der Waals surface area contributed by atoms with Gasteiger partial charge < -0.3 is 5.32 Å². The first-order chi connectivity index (χ1) is 8.31. The second-order valence-corrected chi connectivity index (χ2v) is 5.59. The Morgan fingerprint density at radius 2 is 1.89 bits per heavy atom. The van der Waals surface area contributed by atoms with Gasteiger partial charge in [0.1, 0.15) is 0 Å². The van der Waals surface area contributed by atoms with Gasteiger partial charge in [-0.15, -0.1) is 0 Å². The van der Waals surface area contributed by atoms with Gasteiger partial charge in [-0.25, -0.2) is 0 Å². The number of benzene rings is 1. The van der Waals surface area contributed by atoms with Crippen LogP contribution in [0.25, 0.3) is 0 Å². The molecular weight excluding hydrogens is 224 g/mol. The number of nitrogens with zero attached hydrogens (tertiary/aromatic N) is 1. The molecule has 1 atom stereocenters. The Hall–Kier alpha value is -1.82. The lowest BCUT2D eigenvalue weighted by Crippen LogP contribution is -2.41. The smallest absolute Gasteiger partial charge is 0.222 e. The monoisotopic (exact) mass is 244 g/mol. The molecule has 0 aliphatic heterocycles. The molecule has 1 amide bonds. The molecule has 1 unspecified atom stereocenters. The van der Waals surface area contributed by atoms with Gasteiger partial charge in [0.2, 0.25) is 5.91 Å².